The number of fused-ring (bicyclic) bond motifs is 2. The Bertz CT molecular complexity index is 503. The molecule has 0 aliphatic heterocycles. The standard InChI is InChI=1S/C15H19ClN2O/c1-9-13(4-5-14(16)17-9)18-15(19)8-12-7-10-2-3-11(12)6-10/h4-5,10-12H,2-3,6-8H2,1H3,(H,18,19). The molecular formula is C15H19ClN2O. The van der Waals surface area contributed by atoms with E-state index < -0.39 is 0 Å². The first kappa shape index (κ1) is 12.9. The average Bonchev–Trinajstić information content (AvgIpc) is 2.95. The number of pyridine rings is 1. The first-order valence-corrected chi connectivity index (χ1v) is 7.42. The normalized spacial score (nSPS) is 28.6. The molecule has 3 atom stereocenters. The van der Waals surface area contributed by atoms with E-state index in [1.165, 1.54) is 25.7 Å². The van der Waals surface area contributed by atoms with Gasteiger partial charge in [-0.1, -0.05) is 18.0 Å². The lowest BCUT2D eigenvalue weighted by molar-refractivity contribution is -0.117. The maximum atomic E-state index is 12.1. The summed E-state index contributed by atoms with van der Waals surface area (Å²) in [5.74, 6) is 2.39. The second-order valence-corrected chi connectivity index (χ2v) is 6.34. The molecule has 1 aromatic rings. The lowest BCUT2D eigenvalue weighted by Crippen LogP contribution is -2.20. The van der Waals surface area contributed by atoms with Crippen molar-refractivity contribution in [3.05, 3.63) is 23.0 Å². The molecule has 1 N–H and O–H groups in total. The summed E-state index contributed by atoms with van der Waals surface area (Å²) < 4.78 is 0. The van der Waals surface area contributed by atoms with Crippen molar-refractivity contribution in [1.29, 1.82) is 0 Å². The molecule has 3 unspecified atom stereocenters. The van der Waals surface area contributed by atoms with E-state index in [1.54, 1.807) is 6.07 Å². The Hall–Kier alpha value is -1.09. The molecule has 2 aliphatic rings. The molecule has 102 valence electrons. The molecule has 1 heterocycles. The van der Waals surface area contributed by atoms with Crippen molar-refractivity contribution in [2.24, 2.45) is 17.8 Å². The number of hydrogen-bond acceptors (Lipinski definition) is 2. The van der Waals surface area contributed by atoms with Gasteiger partial charge in [0.15, 0.2) is 0 Å². The smallest absolute Gasteiger partial charge is 0.224 e. The van der Waals surface area contributed by atoms with Gasteiger partial charge in [-0.3, -0.25) is 4.79 Å². The van der Waals surface area contributed by atoms with Crippen LogP contribution in [0.5, 0.6) is 0 Å². The molecule has 0 spiro atoms. The van der Waals surface area contributed by atoms with Crippen molar-refractivity contribution < 1.29 is 4.79 Å². The quantitative estimate of drug-likeness (QED) is 0.855. The monoisotopic (exact) mass is 278 g/mol. The third kappa shape index (κ3) is 2.76. The van der Waals surface area contributed by atoms with Crippen LogP contribution in [0.15, 0.2) is 12.1 Å². The highest BCUT2D eigenvalue weighted by atomic mass is 35.5. The molecule has 3 nitrogen and oxygen atoms in total. The van der Waals surface area contributed by atoms with E-state index in [-0.39, 0.29) is 5.91 Å². The summed E-state index contributed by atoms with van der Waals surface area (Å²) in [4.78, 5) is 16.3. The van der Waals surface area contributed by atoms with Crippen LogP contribution in [0.1, 0.15) is 37.8 Å². The summed E-state index contributed by atoms with van der Waals surface area (Å²) in [6.07, 6.45) is 5.95. The first-order valence-electron chi connectivity index (χ1n) is 7.05. The third-order valence-corrected chi connectivity index (χ3v) is 4.87. The molecule has 2 fully saturated rings. The molecule has 19 heavy (non-hydrogen) atoms. The molecule has 4 heteroatoms. The lowest BCUT2D eigenvalue weighted by atomic mass is 9.86. The van der Waals surface area contributed by atoms with Crippen molar-refractivity contribution in [2.75, 3.05) is 5.32 Å². The van der Waals surface area contributed by atoms with E-state index in [0.29, 0.717) is 17.5 Å². The van der Waals surface area contributed by atoms with E-state index in [2.05, 4.69) is 10.3 Å². The average molecular weight is 279 g/mol. The molecule has 0 aromatic carbocycles. The number of anilines is 1. The van der Waals surface area contributed by atoms with Gasteiger partial charge in [0.05, 0.1) is 11.4 Å². The molecule has 2 bridgehead atoms. The molecule has 1 amide bonds. The highest BCUT2D eigenvalue weighted by Gasteiger charge is 2.40. The molecule has 3 rings (SSSR count). The van der Waals surface area contributed by atoms with Gasteiger partial charge >= 0.3 is 0 Å². The zero-order valence-corrected chi connectivity index (χ0v) is 11.9. The maximum Gasteiger partial charge on any atom is 0.224 e. The van der Waals surface area contributed by atoms with Crippen LogP contribution in [0, 0.1) is 24.7 Å². The van der Waals surface area contributed by atoms with Crippen LogP contribution in [-0.2, 0) is 4.79 Å². The van der Waals surface area contributed by atoms with E-state index in [9.17, 15) is 4.79 Å². The Morgan fingerprint density at radius 1 is 1.42 bits per heavy atom. The van der Waals surface area contributed by atoms with Crippen molar-refractivity contribution in [2.45, 2.75) is 39.0 Å². The largest absolute Gasteiger partial charge is 0.324 e. The summed E-state index contributed by atoms with van der Waals surface area (Å²) in [7, 11) is 0. The number of halogens is 1. The summed E-state index contributed by atoms with van der Waals surface area (Å²) in [6, 6.07) is 3.53. The van der Waals surface area contributed by atoms with Crippen molar-refractivity contribution in [3.63, 3.8) is 0 Å². The SMILES string of the molecule is Cc1nc(Cl)ccc1NC(=O)CC1CC2CCC1C2. The first-order chi connectivity index (χ1) is 9.11. The molecule has 2 saturated carbocycles. The summed E-state index contributed by atoms with van der Waals surface area (Å²) >= 11 is 5.81. The topological polar surface area (TPSA) is 42.0 Å². The van der Waals surface area contributed by atoms with Gasteiger partial charge < -0.3 is 5.32 Å². The lowest BCUT2D eigenvalue weighted by Gasteiger charge is -2.21. The zero-order valence-electron chi connectivity index (χ0n) is 11.2. The van der Waals surface area contributed by atoms with E-state index >= 15 is 0 Å². The highest BCUT2D eigenvalue weighted by Crippen LogP contribution is 2.49. The van der Waals surface area contributed by atoms with Gasteiger partial charge in [-0.05, 0) is 56.1 Å². The minimum absolute atomic E-state index is 0.116. The van der Waals surface area contributed by atoms with E-state index in [4.69, 9.17) is 11.6 Å². The van der Waals surface area contributed by atoms with Gasteiger partial charge in [-0.15, -0.1) is 0 Å². The predicted molar refractivity (Wildman–Crippen MR) is 76.2 cm³/mol. The Labute approximate surface area is 118 Å². The van der Waals surface area contributed by atoms with Crippen LogP contribution in [0.3, 0.4) is 0 Å². The van der Waals surface area contributed by atoms with Gasteiger partial charge in [0, 0.05) is 6.42 Å². The van der Waals surface area contributed by atoms with Gasteiger partial charge in [0.25, 0.3) is 0 Å². The Morgan fingerprint density at radius 3 is 2.89 bits per heavy atom. The van der Waals surface area contributed by atoms with Crippen LogP contribution in [0.25, 0.3) is 0 Å². The summed E-state index contributed by atoms with van der Waals surface area (Å²) in [6.45, 7) is 1.86. The van der Waals surface area contributed by atoms with Crippen LogP contribution < -0.4 is 5.32 Å². The zero-order chi connectivity index (χ0) is 13.4. The fourth-order valence-electron chi connectivity index (χ4n) is 3.73. The molecule has 1 aromatic heterocycles. The highest BCUT2D eigenvalue weighted by molar-refractivity contribution is 6.29. The molecule has 2 aliphatic carbocycles. The molecule has 0 radical (unpaired) electrons. The number of aromatic nitrogens is 1. The van der Waals surface area contributed by atoms with Crippen molar-refractivity contribution in [3.8, 4) is 0 Å². The number of hydrogen-bond donors (Lipinski definition) is 1. The Balaban J connectivity index is 1.59. The number of carbonyl (C=O) groups is 1. The number of aryl methyl sites for hydroxylation is 1. The number of carbonyl (C=O) groups excluding carboxylic acids is 1. The minimum Gasteiger partial charge on any atom is -0.324 e. The fourth-order valence-corrected chi connectivity index (χ4v) is 3.92. The number of nitrogens with one attached hydrogen (secondary N) is 1. The van der Waals surface area contributed by atoms with Gasteiger partial charge in [0.2, 0.25) is 5.91 Å². The van der Waals surface area contributed by atoms with E-state index in [1.807, 2.05) is 13.0 Å². The Kier molecular flexibility index (Phi) is 3.48. The van der Waals surface area contributed by atoms with Gasteiger partial charge in [-0.25, -0.2) is 4.98 Å². The molecular weight excluding hydrogens is 260 g/mol. The van der Waals surface area contributed by atoms with Crippen LogP contribution >= 0.6 is 11.6 Å². The number of amides is 1. The minimum atomic E-state index is 0.116. The Morgan fingerprint density at radius 2 is 2.26 bits per heavy atom. The second-order valence-electron chi connectivity index (χ2n) is 5.95. The number of nitrogens with zero attached hydrogens (tertiary/aromatic N) is 1. The van der Waals surface area contributed by atoms with Crippen molar-refractivity contribution in [1.82, 2.24) is 4.98 Å². The summed E-state index contributed by atoms with van der Waals surface area (Å²) in [5.41, 5.74) is 1.55. The number of rotatable bonds is 3. The van der Waals surface area contributed by atoms with Crippen LogP contribution in [0.2, 0.25) is 5.15 Å². The molecule has 0 saturated heterocycles. The second kappa shape index (κ2) is 5.12. The van der Waals surface area contributed by atoms with Gasteiger partial charge in [0.1, 0.15) is 5.15 Å². The predicted octanol–water partition coefficient (Wildman–Crippen LogP) is 3.81. The fraction of sp³-hybridized carbons (Fsp3) is 0.600. The van der Waals surface area contributed by atoms with E-state index in [0.717, 1.165) is 23.2 Å². The van der Waals surface area contributed by atoms with Crippen molar-refractivity contribution >= 4 is 23.2 Å². The van der Waals surface area contributed by atoms with Crippen LogP contribution in [-0.4, -0.2) is 10.9 Å². The van der Waals surface area contributed by atoms with Gasteiger partial charge in [-0.2, -0.15) is 0 Å². The maximum absolute atomic E-state index is 12.1. The third-order valence-electron chi connectivity index (χ3n) is 4.66. The van der Waals surface area contributed by atoms with Crippen LogP contribution in [0.4, 0.5) is 5.69 Å². The summed E-state index contributed by atoms with van der Waals surface area (Å²) in [5, 5.41) is 3.43.